The molecule has 1 aromatic heterocycles. The largest absolute Gasteiger partial charge is 0.320 e. The Kier molecular flexibility index (Phi) is 0.719. The highest BCUT2D eigenvalue weighted by atomic mass is 32.1. The average Bonchev–Trinajstić information content (AvgIpc) is 1.86. The molecule has 0 bridgehead atoms. The van der Waals surface area contributed by atoms with E-state index in [1.807, 2.05) is 0 Å². The molecule has 0 spiro atoms. The van der Waals surface area contributed by atoms with Gasteiger partial charge in [-0.05, 0) is 12.2 Å². The molecule has 6 heavy (non-hydrogen) atoms. The van der Waals surface area contributed by atoms with Crippen molar-refractivity contribution in [1.29, 1.82) is 0 Å². The molecule has 0 aliphatic heterocycles. The van der Waals surface area contributed by atoms with Gasteiger partial charge >= 0.3 is 4.77 Å². The molecule has 0 aromatic carbocycles. The highest BCUT2D eigenvalue weighted by Gasteiger charge is 1.74. The molecule has 0 radical (unpaired) electrons. The number of rotatable bonds is 0. The zero-order valence-electron chi connectivity index (χ0n) is 2.99. The number of hydrogen-bond donors (Lipinski definition) is 2. The maximum Gasteiger partial charge on any atom is 0.320 e. The fourth-order valence-electron chi connectivity index (χ4n) is 0.239. The van der Waals surface area contributed by atoms with Crippen molar-refractivity contribution in [2.24, 2.45) is 0 Å². The summed E-state index contributed by atoms with van der Waals surface area (Å²) in [5, 5.41) is 5.28. The molecule has 0 fully saturated rings. The van der Waals surface area contributed by atoms with E-state index in [2.05, 4.69) is 27.4 Å². The van der Waals surface area contributed by atoms with E-state index in [1.54, 1.807) is 6.33 Å². The van der Waals surface area contributed by atoms with Crippen molar-refractivity contribution in [3.8, 4) is 0 Å². The Morgan fingerprint density at radius 1 is 1.83 bits per heavy atom. The fraction of sp³-hybridized carbons (Fsp3) is 0. The number of aromatic nitrogens is 3. The van der Waals surface area contributed by atoms with Gasteiger partial charge in [0.25, 0.3) is 0 Å². The van der Waals surface area contributed by atoms with Crippen molar-refractivity contribution in [2.75, 3.05) is 0 Å². The van der Waals surface area contributed by atoms with E-state index in [-0.39, 0.29) is 0 Å². The molecule has 0 saturated heterocycles. The Bertz CT molecular complexity index is 147. The third-order valence-electron chi connectivity index (χ3n) is 0.461. The first kappa shape index (κ1) is 3.55. The highest BCUT2D eigenvalue weighted by molar-refractivity contribution is 7.71. The minimum atomic E-state index is 0.620. The van der Waals surface area contributed by atoms with Crippen LogP contribution in [-0.4, -0.2) is 10.2 Å². The van der Waals surface area contributed by atoms with Crippen LogP contribution < -0.4 is 4.98 Å². The normalized spacial score (nSPS) is 8.67. The van der Waals surface area contributed by atoms with Gasteiger partial charge in [-0.25, -0.2) is 4.98 Å². The van der Waals surface area contributed by atoms with Crippen LogP contribution in [-0.2, 0) is 0 Å². The summed E-state index contributed by atoms with van der Waals surface area (Å²) in [4.78, 5) is 2.70. The molecule has 3 nitrogen and oxygen atoms in total. The molecule has 3 N–H and O–H groups in total. The zero-order valence-corrected chi connectivity index (χ0v) is 3.80. The number of nitrogens with one attached hydrogen (secondary N) is 3. The van der Waals surface area contributed by atoms with Crippen molar-refractivity contribution < 1.29 is 4.98 Å². The van der Waals surface area contributed by atoms with E-state index in [4.69, 9.17) is 0 Å². The summed E-state index contributed by atoms with van der Waals surface area (Å²) in [6, 6.07) is 0. The number of aromatic amines is 3. The van der Waals surface area contributed by atoms with Crippen molar-refractivity contribution in [3.63, 3.8) is 0 Å². The molecule has 0 aliphatic carbocycles. The van der Waals surface area contributed by atoms with Crippen molar-refractivity contribution >= 4 is 12.2 Å². The Morgan fingerprint density at radius 3 is 2.83 bits per heavy atom. The van der Waals surface area contributed by atoms with Gasteiger partial charge in [-0.1, -0.05) is 0 Å². The smallest absolute Gasteiger partial charge is 0.238 e. The van der Waals surface area contributed by atoms with Crippen molar-refractivity contribution in [3.05, 3.63) is 11.1 Å². The lowest BCUT2D eigenvalue weighted by molar-refractivity contribution is -0.386. The van der Waals surface area contributed by atoms with E-state index < -0.39 is 0 Å². The quantitative estimate of drug-likeness (QED) is 0.441. The van der Waals surface area contributed by atoms with Crippen molar-refractivity contribution in [1.82, 2.24) is 10.2 Å². The Labute approximate surface area is 39.4 Å². The van der Waals surface area contributed by atoms with E-state index in [1.165, 1.54) is 0 Å². The first-order valence-electron chi connectivity index (χ1n) is 1.53. The van der Waals surface area contributed by atoms with Gasteiger partial charge in [-0.3, -0.25) is 0 Å². The van der Waals surface area contributed by atoms with Crippen LogP contribution in [0.4, 0.5) is 0 Å². The van der Waals surface area contributed by atoms with Crippen LogP contribution in [0.2, 0.25) is 0 Å². The molecular weight excluding hydrogens is 98.1 g/mol. The van der Waals surface area contributed by atoms with Crippen LogP contribution in [0, 0.1) is 4.77 Å². The lowest BCUT2D eigenvalue weighted by atomic mass is 11.3. The lowest BCUT2D eigenvalue weighted by Gasteiger charge is -1.44. The van der Waals surface area contributed by atoms with Gasteiger partial charge < -0.3 is 0 Å². The van der Waals surface area contributed by atoms with Crippen LogP contribution >= 0.6 is 12.2 Å². The Morgan fingerprint density at radius 2 is 2.67 bits per heavy atom. The molecule has 0 amide bonds. The zero-order chi connectivity index (χ0) is 4.41. The SMILES string of the molecule is S=c1[nH][nH]c[nH+]1. The summed E-state index contributed by atoms with van der Waals surface area (Å²) in [5.74, 6) is 0. The van der Waals surface area contributed by atoms with Gasteiger partial charge in [0, 0.05) is 0 Å². The summed E-state index contributed by atoms with van der Waals surface area (Å²) in [6.45, 7) is 0. The van der Waals surface area contributed by atoms with E-state index in [0.717, 1.165) is 0 Å². The molecule has 32 valence electrons. The average molecular weight is 102 g/mol. The molecule has 4 heteroatoms. The van der Waals surface area contributed by atoms with Gasteiger partial charge in [0.2, 0.25) is 6.33 Å². The summed E-state index contributed by atoms with van der Waals surface area (Å²) in [5.41, 5.74) is 0. The molecule has 0 saturated carbocycles. The first-order chi connectivity index (χ1) is 2.89. The maximum atomic E-state index is 4.60. The second-order valence-corrected chi connectivity index (χ2v) is 1.30. The van der Waals surface area contributed by atoms with Gasteiger partial charge in [0.1, 0.15) is 0 Å². The van der Waals surface area contributed by atoms with Gasteiger partial charge in [-0.2, -0.15) is 10.2 Å². The third kappa shape index (κ3) is 0.463. The van der Waals surface area contributed by atoms with Gasteiger partial charge in [0.05, 0.1) is 0 Å². The van der Waals surface area contributed by atoms with E-state index in [9.17, 15) is 0 Å². The minimum absolute atomic E-state index is 0.620. The summed E-state index contributed by atoms with van der Waals surface area (Å²) < 4.78 is 0.620. The Hall–Kier alpha value is -0.640. The second kappa shape index (κ2) is 1.22. The first-order valence-corrected chi connectivity index (χ1v) is 1.94. The Balaban J connectivity index is 3.41. The summed E-state index contributed by atoms with van der Waals surface area (Å²) >= 11 is 4.60. The minimum Gasteiger partial charge on any atom is -0.238 e. The fourth-order valence-corrected chi connectivity index (χ4v) is 0.357. The molecular formula is C2H4N3S+. The predicted octanol–water partition coefficient (Wildman–Crippen LogP) is -0.114. The number of H-pyrrole nitrogens is 3. The predicted molar refractivity (Wildman–Crippen MR) is 22.5 cm³/mol. The highest BCUT2D eigenvalue weighted by Crippen LogP contribution is 1.57. The topological polar surface area (TPSA) is 45.7 Å². The standard InChI is InChI=1S/C2H3N3S/c6-2-3-1-4-5-2/h1H,(H2,3,4,5,6)/p+1. The summed E-state index contributed by atoms with van der Waals surface area (Å²) in [7, 11) is 0. The monoisotopic (exact) mass is 102 g/mol. The van der Waals surface area contributed by atoms with Crippen LogP contribution in [0.15, 0.2) is 6.33 Å². The lowest BCUT2D eigenvalue weighted by Crippen LogP contribution is -1.92. The van der Waals surface area contributed by atoms with Crippen LogP contribution in [0.25, 0.3) is 0 Å². The van der Waals surface area contributed by atoms with Crippen molar-refractivity contribution in [2.45, 2.75) is 0 Å². The van der Waals surface area contributed by atoms with E-state index >= 15 is 0 Å². The molecule has 0 aliphatic rings. The second-order valence-electron chi connectivity index (χ2n) is 0.887. The maximum absolute atomic E-state index is 4.60. The van der Waals surface area contributed by atoms with Crippen LogP contribution in [0.5, 0.6) is 0 Å². The molecule has 1 heterocycles. The molecule has 1 aromatic rings. The van der Waals surface area contributed by atoms with E-state index in [0.29, 0.717) is 4.77 Å². The molecule has 0 atom stereocenters. The van der Waals surface area contributed by atoms with Crippen LogP contribution in [0.1, 0.15) is 0 Å². The molecule has 1 rings (SSSR count). The summed E-state index contributed by atoms with van der Waals surface area (Å²) in [6.07, 6.45) is 1.63. The third-order valence-corrected chi connectivity index (χ3v) is 0.681. The van der Waals surface area contributed by atoms with Crippen LogP contribution in [0.3, 0.4) is 0 Å². The number of hydrogen-bond acceptors (Lipinski definition) is 1. The molecule has 0 unspecified atom stereocenters. The van der Waals surface area contributed by atoms with Gasteiger partial charge in [0.15, 0.2) is 0 Å². The van der Waals surface area contributed by atoms with Gasteiger partial charge in [-0.15, -0.1) is 0 Å².